The number of ether oxygens (including phenoxy) is 1. The van der Waals surface area contributed by atoms with E-state index in [0.29, 0.717) is 25.0 Å². The van der Waals surface area contributed by atoms with Gasteiger partial charge in [0.1, 0.15) is 12.0 Å². The average Bonchev–Trinajstić information content (AvgIpc) is 3.53. The van der Waals surface area contributed by atoms with E-state index in [9.17, 15) is 0 Å². The SMILES string of the molecule is CCNC(=NCc1coc(-c2cccs2)n1)N1CCC(COCc2ccccc2)C1.I. The summed E-state index contributed by atoms with van der Waals surface area (Å²) in [6.45, 7) is 6.83. The Hall–Kier alpha value is -1.91. The number of nitrogens with zero attached hydrogens (tertiary/aromatic N) is 3. The van der Waals surface area contributed by atoms with Crippen LogP contribution in [-0.2, 0) is 17.9 Å². The molecule has 3 heterocycles. The van der Waals surface area contributed by atoms with E-state index in [2.05, 4.69) is 34.3 Å². The maximum Gasteiger partial charge on any atom is 0.236 e. The molecule has 0 radical (unpaired) electrons. The lowest BCUT2D eigenvalue weighted by molar-refractivity contribution is 0.0906. The highest BCUT2D eigenvalue weighted by atomic mass is 127. The zero-order chi connectivity index (χ0) is 20.6. The van der Waals surface area contributed by atoms with Gasteiger partial charge < -0.3 is 19.4 Å². The highest BCUT2D eigenvalue weighted by molar-refractivity contribution is 14.0. The van der Waals surface area contributed by atoms with Crippen LogP contribution in [0, 0.1) is 5.92 Å². The summed E-state index contributed by atoms with van der Waals surface area (Å²) in [5.41, 5.74) is 2.06. The predicted molar refractivity (Wildman–Crippen MR) is 136 cm³/mol. The van der Waals surface area contributed by atoms with Gasteiger partial charge in [0.15, 0.2) is 5.96 Å². The van der Waals surface area contributed by atoms with Crippen LogP contribution in [0.2, 0.25) is 0 Å². The molecule has 0 bridgehead atoms. The first kappa shape index (κ1) is 23.7. The number of likely N-dealkylation sites (tertiary alicyclic amines) is 1. The molecule has 1 aromatic carbocycles. The fourth-order valence-corrected chi connectivity index (χ4v) is 4.21. The summed E-state index contributed by atoms with van der Waals surface area (Å²) in [7, 11) is 0. The van der Waals surface area contributed by atoms with Crippen LogP contribution in [0.5, 0.6) is 0 Å². The first-order chi connectivity index (χ1) is 14.8. The van der Waals surface area contributed by atoms with E-state index < -0.39 is 0 Å². The predicted octanol–water partition coefficient (Wildman–Crippen LogP) is 5.03. The van der Waals surface area contributed by atoms with Crippen LogP contribution in [0.15, 0.2) is 63.5 Å². The maximum atomic E-state index is 5.95. The number of oxazole rings is 1. The molecule has 1 aliphatic rings. The zero-order valence-corrected chi connectivity index (χ0v) is 20.8. The van der Waals surface area contributed by atoms with Crippen molar-refractivity contribution < 1.29 is 9.15 Å². The lowest BCUT2D eigenvalue weighted by Crippen LogP contribution is -2.40. The number of guanidine groups is 1. The number of halogens is 1. The first-order valence-corrected chi connectivity index (χ1v) is 11.3. The second kappa shape index (κ2) is 12.2. The van der Waals surface area contributed by atoms with Gasteiger partial charge in [0.05, 0.1) is 24.6 Å². The molecule has 1 fully saturated rings. The Morgan fingerprint density at radius 1 is 1.29 bits per heavy atom. The van der Waals surface area contributed by atoms with E-state index in [4.69, 9.17) is 14.1 Å². The molecule has 6 nitrogen and oxygen atoms in total. The zero-order valence-electron chi connectivity index (χ0n) is 17.7. The summed E-state index contributed by atoms with van der Waals surface area (Å²) in [5.74, 6) is 2.12. The van der Waals surface area contributed by atoms with Crippen molar-refractivity contribution in [2.75, 3.05) is 26.2 Å². The van der Waals surface area contributed by atoms with Crippen molar-refractivity contribution in [3.05, 3.63) is 65.4 Å². The van der Waals surface area contributed by atoms with Crippen LogP contribution in [0.4, 0.5) is 0 Å². The second-order valence-electron chi connectivity index (χ2n) is 7.39. The van der Waals surface area contributed by atoms with E-state index >= 15 is 0 Å². The van der Waals surface area contributed by atoms with Gasteiger partial charge in [-0.05, 0) is 30.4 Å². The molecule has 31 heavy (non-hydrogen) atoms. The molecule has 1 unspecified atom stereocenters. The topological polar surface area (TPSA) is 62.9 Å². The number of aliphatic imine (C=N–C) groups is 1. The number of hydrogen-bond acceptors (Lipinski definition) is 5. The third-order valence-electron chi connectivity index (χ3n) is 5.06. The molecule has 0 spiro atoms. The summed E-state index contributed by atoms with van der Waals surface area (Å²) in [5, 5.41) is 5.43. The van der Waals surface area contributed by atoms with Crippen molar-refractivity contribution in [1.29, 1.82) is 0 Å². The fourth-order valence-electron chi connectivity index (χ4n) is 3.55. The standard InChI is InChI=1S/C23H28N4O2S.HI/c1-2-24-23(25-13-20-17-29-22(26-20)21-9-6-12-30-21)27-11-10-19(14-27)16-28-15-18-7-4-3-5-8-18;/h3-9,12,17,19H,2,10-11,13-16H2,1H3,(H,24,25);1H. The number of hydrogen-bond donors (Lipinski definition) is 1. The molecule has 1 saturated heterocycles. The minimum absolute atomic E-state index is 0. The van der Waals surface area contributed by atoms with Crippen molar-refractivity contribution >= 4 is 41.3 Å². The number of aromatic nitrogens is 1. The second-order valence-corrected chi connectivity index (χ2v) is 8.34. The molecule has 2 aromatic heterocycles. The number of benzene rings is 1. The molecule has 1 N–H and O–H groups in total. The van der Waals surface area contributed by atoms with Crippen LogP contribution in [0.3, 0.4) is 0 Å². The highest BCUT2D eigenvalue weighted by Gasteiger charge is 2.25. The largest absolute Gasteiger partial charge is 0.443 e. The van der Waals surface area contributed by atoms with Crippen LogP contribution >= 0.6 is 35.3 Å². The molecule has 3 aromatic rings. The Morgan fingerprint density at radius 3 is 2.94 bits per heavy atom. The highest BCUT2D eigenvalue weighted by Crippen LogP contribution is 2.24. The Morgan fingerprint density at radius 2 is 2.16 bits per heavy atom. The lowest BCUT2D eigenvalue weighted by Gasteiger charge is -2.21. The smallest absolute Gasteiger partial charge is 0.236 e. The molecule has 1 aliphatic heterocycles. The van der Waals surface area contributed by atoms with Gasteiger partial charge in [-0.15, -0.1) is 35.3 Å². The molecule has 0 aliphatic carbocycles. The molecule has 1 atom stereocenters. The summed E-state index contributed by atoms with van der Waals surface area (Å²) >= 11 is 1.62. The lowest BCUT2D eigenvalue weighted by atomic mass is 10.1. The number of thiophene rings is 1. The van der Waals surface area contributed by atoms with Crippen LogP contribution in [0.25, 0.3) is 10.8 Å². The maximum absolute atomic E-state index is 5.95. The van der Waals surface area contributed by atoms with E-state index in [1.54, 1.807) is 17.6 Å². The van der Waals surface area contributed by atoms with Gasteiger partial charge in [-0.3, -0.25) is 0 Å². The van der Waals surface area contributed by atoms with Crippen molar-refractivity contribution in [3.63, 3.8) is 0 Å². The molecular weight excluding hydrogens is 523 g/mol. The third kappa shape index (κ3) is 6.78. The summed E-state index contributed by atoms with van der Waals surface area (Å²) in [6, 6.07) is 14.3. The van der Waals surface area contributed by atoms with Crippen molar-refractivity contribution in [3.8, 4) is 10.8 Å². The van der Waals surface area contributed by atoms with Crippen LogP contribution in [0.1, 0.15) is 24.6 Å². The molecule has 4 rings (SSSR count). The van der Waals surface area contributed by atoms with Gasteiger partial charge in [0.2, 0.25) is 5.89 Å². The average molecular weight is 552 g/mol. The molecule has 0 amide bonds. The van der Waals surface area contributed by atoms with Gasteiger partial charge in [-0.25, -0.2) is 9.98 Å². The van der Waals surface area contributed by atoms with Gasteiger partial charge in [-0.1, -0.05) is 36.4 Å². The van der Waals surface area contributed by atoms with Gasteiger partial charge in [-0.2, -0.15) is 0 Å². The van der Waals surface area contributed by atoms with E-state index in [1.807, 2.05) is 35.7 Å². The van der Waals surface area contributed by atoms with Gasteiger partial charge >= 0.3 is 0 Å². The third-order valence-corrected chi connectivity index (χ3v) is 5.92. The first-order valence-electron chi connectivity index (χ1n) is 10.4. The number of nitrogens with one attached hydrogen (secondary N) is 1. The van der Waals surface area contributed by atoms with Crippen molar-refractivity contribution in [2.45, 2.75) is 26.5 Å². The summed E-state index contributed by atoms with van der Waals surface area (Å²) in [6.07, 6.45) is 2.82. The van der Waals surface area contributed by atoms with Crippen molar-refractivity contribution in [2.24, 2.45) is 10.9 Å². The fraction of sp³-hybridized carbons (Fsp3) is 0.391. The Balaban J connectivity index is 0.00000272. The number of rotatable bonds is 8. The van der Waals surface area contributed by atoms with Gasteiger partial charge in [0, 0.05) is 25.6 Å². The Labute approximate surface area is 204 Å². The minimum atomic E-state index is 0. The van der Waals surface area contributed by atoms with Crippen LogP contribution < -0.4 is 5.32 Å². The molecule has 0 saturated carbocycles. The molecular formula is C23H29IN4O2S. The monoisotopic (exact) mass is 552 g/mol. The van der Waals surface area contributed by atoms with Crippen molar-refractivity contribution in [1.82, 2.24) is 15.2 Å². The quantitative estimate of drug-likeness (QED) is 0.242. The molecule has 166 valence electrons. The Bertz CT molecular complexity index is 930. The minimum Gasteiger partial charge on any atom is -0.443 e. The van der Waals surface area contributed by atoms with Crippen LogP contribution in [-0.4, -0.2) is 42.1 Å². The normalized spacial score (nSPS) is 16.4. The molecule has 8 heteroatoms. The van der Waals surface area contributed by atoms with E-state index in [0.717, 1.165) is 49.2 Å². The summed E-state index contributed by atoms with van der Waals surface area (Å²) < 4.78 is 11.6. The Kier molecular flexibility index (Phi) is 9.35. The van der Waals surface area contributed by atoms with Gasteiger partial charge in [0.25, 0.3) is 0 Å². The van der Waals surface area contributed by atoms with E-state index in [-0.39, 0.29) is 24.0 Å². The summed E-state index contributed by atoms with van der Waals surface area (Å²) in [4.78, 5) is 12.7. The van der Waals surface area contributed by atoms with E-state index in [1.165, 1.54) is 5.56 Å².